The molecule has 3 heteroatoms. The SMILES string of the molecule is COc1ccc(C(Br)c2ccccc2F)c2ccccc12. The Kier molecular flexibility index (Phi) is 3.93. The van der Waals surface area contributed by atoms with Gasteiger partial charge in [0, 0.05) is 10.9 Å². The third kappa shape index (κ3) is 2.54. The predicted octanol–water partition coefficient (Wildman–Crippen LogP) is 5.47. The molecule has 0 amide bonds. The summed E-state index contributed by atoms with van der Waals surface area (Å²) in [6.07, 6.45) is 0. The molecule has 3 rings (SSSR count). The predicted molar refractivity (Wildman–Crippen MR) is 87.7 cm³/mol. The lowest BCUT2D eigenvalue weighted by Crippen LogP contribution is -1.98. The highest BCUT2D eigenvalue weighted by atomic mass is 79.9. The van der Waals surface area contributed by atoms with Crippen LogP contribution in [0.25, 0.3) is 10.8 Å². The topological polar surface area (TPSA) is 9.23 Å². The van der Waals surface area contributed by atoms with Gasteiger partial charge in [-0.2, -0.15) is 0 Å². The van der Waals surface area contributed by atoms with Crippen molar-refractivity contribution in [3.63, 3.8) is 0 Å². The van der Waals surface area contributed by atoms with E-state index in [9.17, 15) is 4.39 Å². The zero-order chi connectivity index (χ0) is 14.8. The van der Waals surface area contributed by atoms with Crippen molar-refractivity contribution in [3.8, 4) is 5.75 Å². The lowest BCUT2D eigenvalue weighted by atomic mass is 9.97. The minimum atomic E-state index is -0.209. The van der Waals surface area contributed by atoms with E-state index in [0.29, 0.717) is 5.56 Å². The van der Waals surface area contributed by atoms with Gasteiger partial charge in [0.25, 0.3) is 0 Å². The first kappa shape index (κ1) is 14.1. The van der Waals surface area contributed by atoms with Crippen molar-refractivity contribution in [2.45, 2.75) is 4.83 Å². The van der Waals surface area contributed by atoms with Crippen LogP contribution in [0.4, 0.5) is 4.39 Å². The highest BCUT2D eigenvalue weighted by Crippen LogP contribution is 2.39. The van der Waals surface area contributed by atoms with Crippen LogP contribution in [0.2, 0.25) is 0 Å². The van der Waals surface area contributed by atoms with Gasteiger partial charge in [-0.15, -0.1) is 0 Å². The highest BCUT2D eigenvalue weighted by Gasteiger charge is 2.17. The normalized spacial score (nSPS) is 12.3. The Morgan fingerprint density at radius 3 is 2.24 bits per heavy atom. The molecule has 0 aromatic heterocycles. The van der Waals surface area contributed by atoms with Crippen LogP contribution in [-0.2, 0) is 0 Å². The third-order valence-electron chi connectivity index (χ3n) is 3.59. The molecule has 0 aliphatic heterocycles. The van der Waals surface area contributed by atoms with E-state index < -0.39 is 0 Å². The molecule has 1 unspecified atom stereocenters. The van der Waals surface area contributed by atoms with Crippen LogP contribution < -0.4 is 4.74 Å². The molecule has 0 aliphatic rings. The van der Waals surface area contributed by atoms with E-state index in [-0.39, 0.29) is 10.6 Å². The third-order valence-corrected chi connectivity index (χ3v) is 4.58. The number of alkyl halides is 1. The van der Waals surface area contributed by atoms with Gasteiger partial charge in [0.1, 0.15) is 11.6 Å². The lowest BCUT2D eigenvalue weighted by molar-refractivity contribution is 0.419. The van der Waals surface area contributed by atoms with Crippen LogP contribution in [0, 0.1) is 5.82 Å². The van der Waals surface area contributed by atoms with Gasteiger partial charge in [0.2, 0.25) is 0 Å². The molecule has 0 bridgehead atoms. The van der Waals surface area contributed by atoms with Crippen molar-refractivity contribution in [1.29, 1.82) is 0 Å². The maximum absolute atomic E-state index is 14.0. The number of fused-ring (bicyclic) bond motifs is 1. The average Bonchev–Trinajstić information content (AvgIpc) is 2.53. The molecule has 3 aromatic carbocycles. The fraction of sp³-hybridized carbons (Fsp3) is 0.111. The van der Waals surface area contributed by atoms with Crippen LogP contribution in [0.1, 0.15) is 16.0 Å². The smallest absolute Gasteiger partial charge is 0.127 e. The number of benzene rings is 3. The molecule has 0 fully saturated rings. The van der Waals surface area contributed by atoms with Gasteiger partial charge in [-0.3, -0.25) is 0 Å². The zero-order valence-corrected chi connectivity index (χ0v) is 13.1. The second kappa shape index (κ2) is 5.86. The molecule has 0 N–H and O–H groups in total. The number of methoxy groups -OCH3 is 1. The van der Waals surface area contributed by atoms with Gasteiger partial charge in [0.05, 0.1) is 11.9 Å². The second-order valence-corrected chi connectivity index (χ2v) is 5.70. The van der Waals surface area contributed by atoms with Gasteiger partial charge in [-0.1, -0.05) is 64.5 Å². The second-order valence-electron chi connectivity index (χ2n) is 4.79. The Balaban J connectivity index is 2.19. The standard InChI is InChI=1S/C18H14BrFO/c1-21-17-11-10-14(12-6-2-3-7-13(12)17)18(19)15-8-4-5-9-16(15)20/h2-11,18H,1H3. The molecule has 0 aliphatic carbocycles. The van der Waals surface area contributed by atoms with E-state index in [4.69, 9.17) is 4.74 Å². The molecule has 0 spiro atoms. The molecule has 106 valence electrons. The number of halogens is 2. The molecule has 1 atom stereocenters. The Hall–Kier alpha value is -1.87. The van der Waals surface area contributed by atoms with Crippen LogP contribution in [0.5, 0.6) is 5.75 Å². The van der Waals surface area contributed by atoms with Gasteiger partial charge in [-0.05, 0) is 23.1 Å². The van der Waals surface area contributed by atoms with Crippen LogP contribution in [0.3, 0.4) is 0 Å². The highest BCUT2D eigenvalue weighted by molar-refractivity contribution is 9.09. The van der Waals surface area contributed by atoms with Gasteiger partial charge < -0.3 is 4.74 Å². The molecule has 0 heterocycles. The number of ether oxygens (including phenoxy) is 1. The minimum Gasteiger partial charge on any atom is -0.496 e. The monoisotopic (exact) mass is 344 g/mol. The molecule has 0 saturated heterocycles. The summed E-state index contributed by atoms with van der Waals surface area (Å²) in [6.45, 7) is 0. The summed E-state index contributed by atoms with van der Waals surface area (Å²) >= 11 is 3.63. The van der Waals surface area contributed by atoms with Crippen LogP contribution in [-0.4, -0.2) is 7.11 Å². The van der Waals surface area contributed by atoms with Crippen molar-refractivity contribution < 1.29 is 9.13 Å². The molecular formula is C18H14BrFO. The summed E-state index contributed by atoms with van der Waals surface area (Å²) in [7, 11) is 1.66. The Morgan fingerprint density at radius 1 is 0.857 bits per heavy atom. The molecule has 21 heavy (non-hydrogen) atoms. The Labute approximate surface area is 131 Å². The number of hydrogen-bond acceptors (Lipinski definition) is 1. The maximum atomic E-state index is 14.0. The molecule has 3 aromatic rings. The van der Waals surface area contributed by atoms with E-state index in [2.05, 4.69) is 15.9 Å². The fourth-order valence-corrected chi connectivity index (χ4v) is 3.31. The van der Waals surface area contributed by atoms with Crippen molar-refractivity contribution in [1.82, 2.24) is 0 Å². The molecule has 1 nitrogen and oxygen atoms in total. The number of rotatable bonds is 3. The van der Waals surface area contributed by atoms with Gasteiger partial charge >= 0.3 is 0 Å². The molecule has 0 saturated carbocycles. The van der Waals surface area contributed by atoms with Gasteiger partial charge in [-0.25, -0.2) is 4.39 Å². The lowest BCUT2D eigenvalue weighted by Gasteiger charge is -2.16. The summed E-state index contributed by atoms with van der Waals surface area (Å²) in [5.41, 5.74) is 1.66. The van der Waals surface area contributed by atoms with Crippen molar-refractivity contribution in [2.75, 3.05) is 7.11 Å². The first-order valence-corrected chi connectivity index (χ1v) is 7.58. The maximum Gasteiger partial charge on any atom is 0.127 e. The Bertz CT molecular complexity index is 785. The van der Waals surface area contributed by atoms with Crippen molar-refractivity contribution in [3.05, 3.63) is 77.6 Å². The van der Waals surface area contributed by atoms with Crippen LogP contribution in [0.15, 0.2) is 60.7 Å². The summed E-state index contributed by atoms with van der Waals surface area (Å²) < 4.78 is 19.4. The van der Waals surface area contributed by atoms with E-state index in [0.717, 1.165) is 22.1 Å². The summed E-state index contributed by atoms with van der Waals surface area (Å²) in [4.78, 5) is -0.200. The quantitative estimate of drug-likeness (QED) is 0.572. The fourth-order valence-electron chi connectivity index (χ4n) is 2.54. The average molecular weight is 345 g/mol. The molecule has 0 radical (unpaired) electrons. The van der Waals surface area contributed by atoms with E-state index >= 15 is 0 Å². The van der Waals surface area contributed by atoms with E-state index in [1.54, 1.807) is 19.2 Å². The number of hydrogen-bond donors (Lipinski definition) is 0. The Morgan fingerprint density at radius 2 is 1.52 bits per heavy atom. The molecular weight excluding hydrogens is 331 g/mol. The van der Waals surface area contributed by atoms with Crippen molar-refractivity contribution in [2.24, 2.45) is 0 Å². The van der Waals surface area contributed by atoms with E-state index in [1.165, 1.54) is 6.07 Å². The van der Waals surface area contributed by atoms with Gasteiger partial charge in [0.15, 0.2) is 0 Å². The van der Waals surface area contributed by atoms with Crippen LogP contribution >= 0.6 is 15.9 Å². The van der Waals surface area contributed by atoms with E-state index in [1.807, 2.05) is 42.5 Å². The summed E-state index contributed by atoms with van der Waals surface area (Å²) in [5, 5.41) is 2.08. The van der Waals surface area contributed by atoms with Crippen molar-refractivity contribution >= 4 is 26.7 Å². The first-order valence-electron chi connectivity index (χ1n) is 6.66. The largest absolute Gasteiger partial charge is 0.496 e. The zero-order valence-electron chi connectivity index (χ0n) is 11.5. The summed E-state index contributed by atoms with van der Waals surface area (Å²) in [6, 6.07) is 18.7. The minimum absolute atomic E-state index is 0.200. The summed E-state index contributed by atoms with van der Waals surface area (Å²) in [5.74, 6) is 0.613. The first-order chi connectivity index (χ1) is 10.2.